The Kier molecular flexibility index (Phi) is 1.61. The molecule has 0 unspecified atom stereocenters. The van der Waals surface area contributed by atoms with Gasteiger partial charge in [-0.05, 0) is 24.1 Å². The molecule has 0 amide bonds. The molecule has 0 atom stereocenters. The van der Waals surface area contributed by atoms with Crippen LogP contribution in [0.25, 0.3) is 11.0 Å². The van der Waals surface area contributed by atoms with Gasteiger partial charge in [0.05, 0.1) is 11.6 Å². The van der Waals surface area contributed by atoms with E-state index in [9.17, 15) is 4.39 Å². The smallest absolute Gasteiger partial charge is 0.139 e. The SMILES string of the molecule is CCc1ccc(F)c2ccoc12. The number of hydrogen-bond acceptors (Lipinski definition) is 1. The van der Waals surface area contributed by atoms with Crippen molar-refractivity contribution in [2.24, 2.45) is 0 Å². The molecular formula is C10H9FO. The topological polar surface area (TPSA) is 13.1 Å². The Morgan fingerprint density at radius 3 is 2.92 bits per heavy atom. The third-order valence-electron chi connectivity index (χ3n) is 2.03. The van der Waals surface area contributed by atoms with Crippen LogP contribution in [0.5, 0.6) is 0 Å². The fourth-order valence-corrected chi connectivity index (χ4v) is 1.36. The zero-order valence-electron chi connectivity index (χ0n) is 6.80. The molecule has 0 aliphatic rings. The third-order valence-corrected chi connectivity index (χ3v) is 2.03. The summed E-state index contributed by atoms with van der Waals surface area (Å²) in [6.07, 6.45) is 2.39. The molecule has 12 heavy (non-hydrogen) atoms. The number of hydrogen-bond donors (Lipinski definition) is 0. The molecular weight excluding hydrogens is 155 g/mol. The van der Waals surface area contributed by atoms with Crippen molar-refractivity contribution >= 4 is 11.0 Å². The molecule has 0 N–H and O–H groups in total. The third kappa shape index (κ3) is 0.916. The Bertz CT molecular complexity index is 403. The standard InChI is InChI=1S/C10H9FO/c1-2-7-3-4-9(11)8-5-6-12-10(7)8/h3-6H,2H2,1H3. The van der Waals surface area contributed by atoms with Gasteiger partial charge >= 0.3 is 0 Å². The number of halogens is 1. The monoisotopic (exact) mass is 164 g/mol. The minimum Gasteiger partial charge on any atom is -0.464 e. The van der Waals surface area contributed by atoms with E-state index in [0.29, 0.717) is 11.0 Å². The van der Waals surface area contributed by atoms with E-state index in [1.807, 2.05) is 6.92 Å². The Morgan fingerprint density at radius 1 is 1.33 bits per heavy atom. The molecule has 0 saturated carbocycles. The van der Waals surface area contributed by atoms with Crippen LogP contribution in [0.3, 0.4) is 0 Å². The second-order valence-electron chi connectivity index (χ2n) is 2.72. The second kappa shape index (κ2) is 2.63. The average molecular weight is 164 g/mol. The lowest BCUT2D eigenvalue weighted by Gasteiger charge is -1.97. The number of aryl methyl sites for hydroxylation is 1. The largest absolute Gasteiger partial charge is 0.464 e. The van der Waals surface area contributed by atoms with E-state index in [4.69, 9.17) is 4.42 Å². The van der Waals surface area contributed by atoms with Crippen LogP contribution in [-0.4, -0.2) is 0 Å². The quantitative estimate of drug-likeness (QED) is 0.631. The maximum absolute atomic E-state index is 13.1. The summed E-state index contributed by atoms with van der Waals surface area (Å²) in [5.74, 6) is -0.212. The Morgan fingerprint density at radius 2 is 2.17 bits per heavy atom. The molecule has 1 heterocycles. The Labute approximate surface area is 69.8 Å². The van der Waals surface area contributed by atoms with Gasteiger partial charge in [0.25, 0.3) is 0 Å². The van der Waals surface area contributed by atoms with Gasteiger partial charge in [0.1, 0.15) is 11.4 Å². The van der Waals surface area contributed by atoms with Crippen LogP contribution >= 0.6 is 0 Å². The minimum atomic E-state index is -0.212. The predicted octanol–water partition coefficient (Wildman–Crippen LogP) is 3.13. The van der Waals surface area contributed by atoms with E-state index in [-0.39, 0.29) is 5.82 Å². The fourth-order valence-electron chi connectivity index (χ4n) is 1.36. The lowest BCUT2D eigenvalue weighted by molar-refractivity contribution is 0.606. The van der Waals surface area contributed by atoms with Gasteiger partial charge < -0.3 is 4.42 Å². The summed E-state index contributed by atoms with van der Waals surface area (Å²) in [5, 5.41) is 0.578. The lowest BCUT2D eigenvalue weighted by Crippen LogP contribution is -1.82. The van der Waals surface area contributed by atoms with Gasteiger partial charge in [0.15, 0.2) is 0 Å². The Hall–Kier alpha value is -1.31. The number of rotatable bonds is 1. The highest BCUT2D eigenvalue weighted by Gasteiger charge is 2.06. The summed E-state index contributed by atoms with van der Waals surface area (Å²) in [6, 6.07) is 4.90. The first kappa shape index (κ1) is 7.35. The van der Waals surface area contributed by atoms with Crippen molar-refractivity contribution in [3.05, 3.63) is 35.8 Å². The molecule has 2 rings (SSSR count). The highest BCUT2D eigenvalue weighted by atomic mass is 19.1. The number of fused-ring (bicyclic) bond motifs is 1. The first-order valence-electron chi connectivity index (χ1n) is 3.97. The van der Waals surface area contributed by atoms with Crippen molar-refractivity contribution < 1.29 is 8.81 Å². The van der Waals surface area contributed by atoms with Crippen molar-refractivity contribution in [3.8, 4) is 0 Å². The predicted molar refractivity (Wildman–Crippen MR) is 45.6 cm³/mol. The first-order chi connectivity index (χ1) is 5.83. The zero-order valence-corrected chi connectivity index (χ0v) is 6.80. The summed E-state index contributed by atoms with van der Waals surface area (Å²) in [5.41, 5.74) is 1.73. The molecule has 1 aromatic carbocycles. The summed E-state index contributed by atoms with van der Waals surface area (Å²) in [6.45, 7) is 2.02. The van der Waals surface area contributed by atoms with E-state index >= 15 is 0 Å². The highest BCUT2D eigenvalue weighted by Crippen LogP contribution is 2.22. The van der Waals surface area contributed by atoms with Crippen molar-refractivity contribution in [2.75, 3.05) is 0 Å². The molecule has 0 fully saturated rings. The van der Waals surface area contributed by atoms with Crippen LogP contribution in [0.1, 0.15) is 12.5 Å². The van der Waals surface area contributed by atoms with Gasteiger partial charge in [-0.15, -0.1) is 0 Å². The minimum absolute atomic E-state index is 0.212. The zero-order chi connectivity index (χ0) is 8.55. The van der Waals surface area contributed by atoms with Gasteiger partial charge in [-0.2, -0.15) is 0 Å². The van der Waals surface area contributed by atoms with Gasteiger partial charge in [-0.25, -0.2) is 4.39 Å². The summed E-state index contributed by atoms with van der Waals surface area (Å²) in [4.78, 5) is 0. The van der Waals surface area contributed by atoms with E-state index in [1.165, 1.54) is 12.3 Å². The van der Waals surface area contributed by atoms with Crippen LogP contribution in [0.4, 0.5) is 4.39 Å². The maximum Gasteiger partial charge on any atom is 0.139 e. The summed E-state index contributed by atoms with van der Waals surface area (Å²) >= 11 is 0. The normalized spacial score (nSPS) is 10.8. The van der Waals surface area contributed by atoms with Crippen molar-refractivity contribution in [3.63, 3.8) is 0 Å². The van der Waals surface area contributed by atoms with E-state index in [1.54, 1.807) is 12.1 Å². The molecule has 2 aromatic rings. The van der Waals surface area contributed by atoms with Crippen molar-refractivity contribution in [1.82, 2.24) is 0 Å². The first-order valence-corrected chi connectivity index (χ1v) is 3.97. The fraction of sp³-hybridized carbons (Fsp3) is 0.200. The lowest BCUT2D eigenvalue weighted by atomic mass is 10.1. The molecule has 0 radical (unpaired) electrons. The number of furan rings is 1. The average Bonchev–Trinajstić information content (AvgIpc) is 2.54. The van der Waals surface area contributed by atoms with Gasteiger partial charge in [0, 0.05) is 0 Å². The molecule has 0 aliphatic heterocycles. The summed E-state index contributed by atoms with van der Waals surface area (Å²) < 4.78 is 18.3. The van der Waals surface area contributed by atoms with Crippen molar-refractivity contribution in [1.29, 1.82) is 0 Å². The van der Waals surface area contributed by atoms with Gasteiger partial charge in [0.2, 0.25) is 0 Å². The van der Waals surface area contributed by atoms with Crippen LogP contribution in [0.15, 0.2) is 28.9 Å². The van der Waals surface area contributed by atoms with Crippen molar-refractivity contribution in [2.45, 2.75) is 13.3 Å². The van der Waals surface area contributed by atoms with Gasteiger partial charge in [-0.3, -0.25) is 0 Å². The highest BCUT2D eigenvalue weighted by molar-refractivity contribution is 5.80. The van der Waals surface area contributed by atoms with E-state index < -0.39 is 0 Å². The molecule has 0 spiro atoms. The van der Waals surface area contributed by atoms with E-state index in [0.717, 1.165) is 12.0 Å². The van der Waals surface area contributed by atoms with Crippen LogP contribution in [-0.2, 0) is 6.42 Å². The summed E-state index contributed by atoms with van der Waals surface area (Å²) in [7, 11) is 0. The molecule has 62 valence electrons. The molecule has 0 aliphatic carbocycles. The second-order valence-corrected chi connectivity index (χ2v) is 2.72. The van der Waals surface area contributed by atoms with E-state index in [2.05, 4.69) is 0 Å². The number of benzene rings is 1. The van der Waals surface area contributed by atoms with Crippen LogP contribution < -0.4 is 0 Å². The molecule has 0 bridgehead atoms. The molecule has 1 nitrogen and oxygen atoms in total. The maximum atomic E-state index is 13.1. The molecule has 2 heteroatoms. The van der Waals surface area contributed by atoms with Crippen LogP contribution in [0, 0.1) is 5.82 Å². The Balaban J connectivity index is 2.82. The molecule has 1 aromatic heterocycles. The molecule has 0 saturated heterocycles. The van der Waals surface area contributed by atoms with Crippen LogP contribution in [0.2, 0.25) is 0 Å². The van der Waals surface area contributed by atoms with Gasteiger partial charge in [-0.1, -0.05) is 13.0 Å².